The molecule has 4 heteroatoms. The van der Waals surface area contributed by atoms with Crippen molar-refractivity contribution in [3.05, 3.63) is 22.9 Å². The van der Waals surface area contributed by atoms with E-state index in [-0.39, 0.29) is 0 Å². The van der Waals surface area contributed by atoms with E-state index >= 15 is 0 Å². The van der Waals surface area contributed by atoms with E-state index in [9.17, 15) is 5.26 Å². The molecule has 100 valence electrons. The van der Waals surface area contributed by atoms with Gasteiger partial charge in [0.15, 0.2) is 0 Å². The molecule has 0 aromatic carbocycles. The van der Waals surface area contributed by atoms with Gasteiger partial charge in [-0.3, -0.25) is 0 Å². The highest BCUT2D eigenvalue weighted by Crippen LogP contribution is 2.42. The molecule has 2 aliphatic carbocycles. The number of aryl methyl sites for hydroxylation is 2. The molecule has 0 radical (unpaired) electrons. The Morgan fingerprint density at radius 2 is 2.26 bits per heavy atom. The van der Waals surface area contributed by atoms with Crippen molar-refractivity contribution in [2.24, 2.45) is 0 Å². The van der Waals surface area contributed by atoms with Gasteiger partial charge in [0.25, 0.3) is 0 Å². The summed E-state index contributed by atoms with van der Waals surface area (Å²) in [5.74, 6) is 0.795. The maximum atomic E-state index is 9.27. The molecule has 1 fully saturated rings. The van der Waals surface area contributed by atoms with Crippen LogP contribution in [0.5, 0.6) is 0 Å². The normalized spacial score (nSPS) is 19.4. The molecular formula is C15H19N3S. The van der Waals surface area contributed by atoms with Gasteiger partial charge in [0, 0.05) is 17.0 Å². The summed E-state index contributed by atoms with van der Waals surface area (Å²) in [7, 11) is 0. The number of hydrogen-bond acceptors (Lipinski definition) is 4. The lowest BCUT2D eigenvalue weighted by atomic mass is 9.84. The summed E-state index contributed by atoms with van der Waals surface area (Å²) in [6, 6.07) is 4.32. The number of hydrogen-bond donors (Lipinski definition) is 1. The van der Waals surface area contributed by atoms with Crippen molar-refractivity contribution in [2.75, 3.05) is 18.1 Å². The van der Waals surface area contributed by atoms with Gasteiger partial charge < -0.3 is 5.32 Å². The number of aromatic nitrogens is 1. The lowest BCUT2D eigenvalue weighted by Gasteiger charge is -2.40. The molecule has 0 amide bonds. The van der Waals surface area contributed by atoms with Crippen molar-refractivity contribution < 1.29 is 0 Å². The standard InChI is InChI=1S/C15H19N3S/c1-19-15(6-3-7-15)10-17-14-12(9-16)8-11-4-2-5-13(11)18-14/h8H,2-7,10H2,1H3,(H,17,18). The van der Waals surface area contributed by atoms with Gasteiger partial charge in [0.05, 0.1) is 5.56 Å². The van der Waals surface area contributed by atoms with Gasteiger partial charge in [-0.25, -0.2) is 4.98 Å². The van der Waals surface area contributed by atoms with E-state index in [0.29, 0.717) is 10.3 Å². The number of nitrogens with zero attached hydrogens (tertiary/aromatic N) is 2. The second-order valence-corrected chi connectivity index (χ2v) is 6.82. The molecule has 3 nitrogen and oxygen atoms in total. The molecule has 1 heterocycles. The van der Waals surface area contributed by atoms with Gasteiger partial charge in [0.2, 0.25) is 0 Å². The maximum Gasteiger partial charge on any atom is 0.144 e. The first-order valence-electron chi connectivity index (χ1n) is 6.98. The number of fused-ring (bicyclic) bond motifs is 1. The fourth-order valence-electron chi connectivity index (χ4n) is 2.96. The highest BCUT2D eigenvalue weighted by atomic mass is 32.2. The number of pyridine rings is 1. The van der Waals surface area contributed by atoms with Crippen LogP contribution in [0.4, 0.5) is 5.82 Å². The van der Waals surface area contributed by atoms with Crippen LogP contribution < -0.4 is 5.32 Å². The van der Waals surface area contributed by atoms with Gasteiger partial charge >= 0.3 is 0 Å². The third-order valence-electron chi connectivity index (χ3n) is 4.45. The van der Waals surface area contributed by atoms with Crippen LogP contribution in [0.3, 0.4) is 0 Å². The molecule has 19 heavy (non-hydrogen) atoms. The monoisotopic (exact) mass is 273 g/mol. The molecule has 0 bridgehead atoms. The lowest BCUT2D eigenvalue weighted by Crippen LogP contribution is -2.40. The Labute approximate surface area is 118 Å². The maximum absolute atomic E-state index is 9.27. The lowest BCUT2D eigenvalue weighted by molar-refractivity contribution is 0.379. The molecule has 0 atom stereocenters. The van der Waals surface area contributed by atoms with Crippen LogP contribution in [0.1, 0.15) is 42.5 Å². The summed E-state index contributed by atoms with van der Waals surface area (Å²) < 4.78 is 0.368. The minimum Gasteiger partial charge on any atom is -0.368 e. The SMILES string of the molecule is CSC1(CNc2nc3c(cc2C#N)CCC3)CCC1. The molecule has 0 spiro atoms. The smallest absolute Gasteiger partial charge is 0.144 e. The summed E-state index contributed by atoms with van der Waals surface area (Å²) in [5.41, 5.74) is 3.16. The van der Waals surface area contributed by atoms with E-state index < -0.39 is 0 Å². The molecule has 2 aliphatic rings. The Morgan fingerprint density at radius 3 is 2.89 bits per heavy atom. The largest absolute Gasteiger partial charge is 0.368 e. The highest BCUT2D eigenvalue weighted by Gasteiger charge is 2.36. The van der Waals surface area contributed by atoms with Gasteiger partial charge in [-0.2, -0.15) is 17.0 Å². The zero-order valence-electron chi connectivity index (χ0n) is 11.3. The van der Waals surface area contributed by atoms with E-state index in [1.807, 2.05) is 17.8 Å². The molecule has 0 unspecified atom stereocenters. The van der Waals surface area contributed by atoms with Gasteiger partial charge in [-0.05, 0) is 50.0 Å². The third kappa shape index (κ3) is 2.32. The number of nitriles is 1. The molecule has 0 saturated heterocycles. The molecule has 1 saturated carbocycles. The minimum atomic E-state index is 0.368. The van der Waals surface area contributed by atoms with Crippen LogP contribution in [-0.4, -0.2) is 22.5 Å². The zero-order chi connectivity index (χ0) is 13.3. The second-order valence-electron chi connectivity index (χ2n) is 5.55. The van der Waals surface area contributed by atoms with Crippen LogP contribution in [0.2, 0.25) is 0 Å². The van der Waals surface area contributed by atoms with Gasteiger partial charge in [-0.15, -0.1) is 0 Å². The van der Waals surface area contributed by atoms with Crippen LogP contribution in [0, 0.1) is 11.3 Å². The Morgan fingerprint density at radius 1 is 1.42 bits per heavy atom. The first-order chi connectivity index (χ1) is 9.26. The molecular weight excluding hydrogens is 254 g/mol. The summed E-state index contributed by atoms with van der Waals surface area (Å²) in [5, 5.41) is 12.7. The molecule has 3 rings (SSSR count). The zero-order valence-corrected chi connectivity index (χ0v) is 12.1. The summed E-state index contributed by atoms with van der Waals surface area (Å²) in [6.07, 6.45) is 9.36. The average Bonchev–Trinajstić information content (AvgIpc) is 2.84. The Balaban J connectivity index is 1.79. The third-order valence-corrected chi connectivity index (χ3v) is 5.87. The van der Waals surface area contributed by atoms with Gasteiger partial charge in [0.1, 0.15) is 11.9 Å². The van der Waals surface area contributed by atoms with Crippen LogP contribution in [0.15, 0.2) is 6.07 Å². The fourth-order valence-corrected chi connectivity index (χ4v) is 3.87. The van der Waals surface area contributed by atoms with E-state index in [1.54, 1.807) is 0 Å². The van der Waals surface area contributed by atoms with E-state index in [1.165, 1.54) is 36.9 Å². The molecule has 1 N–H and O–H groups in total. The number of rotatable bonds is 4. The Kier molecular flexibility index (Phi) is 3.40. The Bertz CT molecular complexity index is 523. The minimum absolute atomic E-state index is 0.368. The average molecular weight is 273 g/mol. The van der Waals surface area contributed by atoms with Crippen molar-refractivity contribution in [1.82, 2.24) is 4.98 Å². The first-order valence-corrected chi connectivity index (χ1v) is 8.21. The quantitative estimate of drug-likeness (QED) is 0.915. The summed E-state index contributed by atoms with van der Waals surface area (Å²) >= 11 is 1.94. The Hall–Kier alpha value is -1.21. The molecule has 1 aromatic rings. The van der Waals surface area contributed by atoms with Crippen molar-refractivity contribution >= 4 is 17.6 Å². The fraction of sp³-hybridized carbons (Fsp3) is 0.600. The van der Waals surface area contributed by atoms with Crippen molar-refractivity contribution in [2.45, 2.75) is 43.3 Å². The topological polar surface area (TPSA) is 48.7 Å². The highest BCUT2D eigenvalue weighted by molar-refractivity contribution is 8.00. The van der Waals surface area contributed by atoms with Gasteiger partial charge in [-0.1, -0.05) is 6.42 Å². The second kappa shape index (κ2) is 5.05. The van der Waals surface area contributed by atoms with Crippen LogP contribution in [0.25, 0.3) is 0 Å². The van der Waals surface area contributed by atoms with Crippen LogP contribution in [-0.2, 0) is 12.8 Å². The van der Waals surface area contributed by atoms with Crippen molar-refractivity contribution in [3.63, 3.8) is 0 Å². The number of nitrogens with one attached hydrogen (secondary N) is 1. The predicted octanol–water partition coefficient (Wildman–Crippen LogP) is 3.14. The number of anilines is 1. The molecule has 1 aromatic heterocycles. The van der Waals surface area contributed by atoms with Crippen LogP contribution >= 0.6 is 11.8 Å². The van der Waals surface area contributed by atoms with E-state index in [4.69, 9.17) is 0 Å². The van der Waals surface area contributed by atoms with E-state index in [2.05, 4.69) is 22.6 Å². The molecule has 0 aliphatic heterocycles. The first kappa shape index (κ1) is 12.8. The van der Waals surface area contributed by atoms with Crippen molar-refractivity contribution in [3.8, 4) is 6.07 Å². The summed E-state index contributed by atoms with van der Waals surface area (Å²) in [4.78, 5) is 4.68. The number of thioether (sulfide) groups is 1. The van der Waals surface area contributed by atoms with E-state index in [0.717, 1.165) is 25.2 Å². The van der Waals surface area contributed by atoms with Crippen molar-refractivity contribution in [1.29, 1.82) is 5.26 Å². The summed E-state index contributed by atoms with van der Waals surface area (Å²) in [6.45, 7) is 0.925. The predicted molar refractivity (Wildman–Crippen MR) is 79.6 cm³/mol.